The van der Waals surface area contributed by atoms with Crippen LogP contribution in [-0.4, -0.2) is 43.7 Å². The normalized spacial score (nSPS) is 12.9. The third-order valence-electron chi connectivity index (χ3n) is 3.75. The molecule has 0 radical (unpaired) electrons. The van der Waals surface area contributed by atoms with E-state index in [1.165, 1.54) is 23.4 Å². The maximum absolute atomic E-state index is 12.6. The first-order valence-electron chi connectivity index (χ1n) is 8.31. The summed E-state index contributed by atoms with van der Waals surface area (Å²) in [5.74, 6) is -0.791. The average molecular weight is 369 g/mol. The number of hydrogen-bond acceptors (Lipinski definition) is 4. The van der Waals surface area contributed by atoms with Crippen LogP contribution in [0, 0.1) is 5.92 Å². The second-order valence-corrected chi connectivity index (χ2v) is 7.97. The van der Waals surface area contributed by atoms with Crippen molar-refractivity contribution >= 4 is 27.5 Å². The van der Waals surface area contributed by atoms with Gasteiger partial charge in [-0.25, -0.2) is 8.42 Å². The lowest BCUT2D eigenvalue weighted by atomic mass is 10.0. The van der Waals surface area contributed by atoms with Crippen molar-refractivity contribution in [2.45, 2.75) is 45.6 Å². The molecular weight excluding hydrogens is 342 g/mol. The average Bonchev–Trinajstić information content (AvgIpc) is 2.53. The van der Waals surface area contributed by atoms with Gasteiger partial charge in [-0.3, -0.25) is 9.59 Å². The van der Waals surface area contributed by atoms with E-state index in [9.17, 15) is 18.0 Å². The summed E-state index contributed by atoms with van der Waals surface area (Å²) in [4.78, 5) is 23.8. The molecule has 0 fully saturated rings. The van der Waals surface area contributed by atoms with Crippen LogP contribution >= 0.6 is 0 Å². The van der Waals surface area contributed by atoms with Gasteiger partial charge in [0, 0.05) is 25.7 Å². The van der Waals surface area contributed by atoms with Gasteiger partial charge in [-0.15, -0.1) is 0 Å². The standard InChI is InChI=1S/C17H27N3O4S/c1-6-20(7-2)25(23,24)15-10-8-9-14(11-15)19-17(22)16(12(3)4)18-13(5)21/h8-12,16H,6-7H2,1-5H3,(H,18,21)(H,19,22)/t16-/m0/s1. The fourth-order valence-corrected chi connectivity index (χ4v) is 3.93. The Morgan fingerprint density at radius 3 is 2.24 bits per heavy atom. The third-order valence-corrected chi connectivity index (χ3v) is 5.80. The largest absolute Gasteiger partial charge is 0.344 e. The van der Waals surface area contributed by atoms with Crippen molar-refractivity contribution in [1.29, 1.82) is 0 Å². The van der Waals surface area contributed by atoms with Gasteiger partial charge in [0.2, 0.25) is 21.8 Å². The summed E-state index contributed by atoms with van der Waals surface area (Å²) < 4.78 is 26.5. The van der Waals surface area contributed by atoms with Crippen molar-refractivity contribution in [3.63, 3.8) is 0 Å². The molecule has 0 saturated carbocycles. The minimum absolute atomic E-state index is 0.105. The number of hydrogen-bond donors (Lipinski definition) is 2. The molecule has 25 heavy (non-hydrogen) atoms. The molecule has 0 spiro atoms. The Morgan fingerprint density at radius 2 is 1.76 bits per heavy atom. The lowest BCUT2D eigenvalue weighted by molar-refractivity contribution is -0.126. The van der Waals surface area contributed by atoms with E-state index >= 15 is 0 Å². The van der Waals surface area contributed by atoms with Crippen LogP contribution in [0.25, 0.3) is 0 Å². The number of benzene rings is 1. The Labute approximate surface area is 149 Å². The second kappa shape index (κ2) is 8.96. The molecule has 0 aliphatic heterocycles. The summed E-state index contributed by atoms with van der Waals surface area (Å²) in [6, 6.07) is 5.42. The van der Waals surface area contributed by atoms with Crippen LogP contribution in [0.4, 0.5) is 5.69 Å². The lowest BCUT2D eigenvalue weighted by Gasteiger charge is -2.22. The van der Waals surface area contributed by atoms with E-state index < -0.39 is 16.1 Å². The van der Waals surface area contributed by atoms with Crippen molar-refractivity contribution in [1.82, 2.24) is 9.62 Å². The van der Waals surface area contributed by atoms with Crippen LogP contribution in [0.1, 0.15) is 34.6 Å². The molecule has 8 heteroatoms. The highest BCUT2D eigenvalue weighted by atomic mass is 32.2. The van der Waals surface area contributed by atoms with Gasteiger partial charge < -0.3 is 10.6 Å². The first kappa shape index (κ1) is 21.1. The van der Waals surface area contributed by atoms with Gasteiger partial charge in [-0.1, -0.05) is 33.8 Å². The molecule has 140 valence electrons. The van der Waals surface area contributed by atoms with E-state index in [0.29, 0.717) is 18.8 Å². The minimum Gasteiger partial charge on any atom is -0.344 e. The Morgan fingerprint density at radius 1 is 1.16 bits per heavy atom. The van der Waals surface area contributed by atoms with E-state index in [2.05, 4.69) is 10.6 Å². The quantitative estimate of drug-likeness (QED) is 0.730. The van der Waals surface area contributed by atoms with Crippen LogP contribution in [0.5, 0.6) is 0 Å². The molecule has 0 saturated heterocycles. The molecule has 0 aromatic heterocycles. The molecule has 1 aromatic carbocycles. The summed E-state index contributed by atoms with van der Waals surface area (Å²) in [6.07, 6.45) is 0. The molecule has 2 amide bonds. The SMILES string of the molecule is CCN(CC)S(=O)(=O)c1cccc(NC(=O)[C@@H](NC(C)=O)C(C)C)c1. The van der Waals surface area contributed by atoms with Crippen molar-refractivity contribution in [3.8, 4) is 0 Å². The number of nitrogens with zero attached hydrogens (tertiary/aromatic N) is 1. The van der Waals surface area contributed by atoms with E-state index in [4.69, 9.17) is 0 Å². The predicted octanol–water partition coefficient (Wildman–Crippen LogP) is 1.82. The molecule has 0 bridgehead atoms. The maximum atomic E-state index is 12.6. The Kier molecular flexibility index (Phi) is 7.57. The number of amides is 2. The summed E-state index contributed by atoms with van der Waals surface area (Å²) in [5.41, 5.74) is 0.370. The monoisotopic (exact) mass is 369 g/mol. The van der Waals surface area contributed by atoms with Crippen LogP contribution < -0.4 is 10.6 Å². The minimum atomic E-state index is -3.60. The van der Waals surface area contributed by atoms with Gasteiger partial charge >= 0.3 is 0 Å². The Balaban J connectivity index is 3.05. The Bertz CT molecular complexity index is 712. The number of carbonyl (C=O) groups excluding carboxylic acids is 2. The van der Waals surface area contributed by atoms with Crippen LogP contribution in [-0.2, 0) is 19.6 Å². The van der Waals surface area contributed by atoms with Gasteiger partial charge in [-0.2, -0.15) is 4.31 Å². The third kappa shape index (κ3) is 5.54. The van der Waals surface area contributed by atoms with Crippen LogP contribution in [0.3, 0.4) is 0 Å². The topological polar surface area (TPSA) is 95.6 Å². The zero-order valence-corrected chi connectivity index (χ0v) is 16.2. The predicted molar refractivity (Wildman–Crippen MR) is 97.6 cm³/mol. The fraction of sp³-hybridized carbons (Fsp3) is 0.529. The van der Waals surface area contributed by atoms with Crippen LogP contribution in [0.15, 0.2) is 29.2 Å². The summed E-state index contributed by atoms with van der Waals surface area (Å²) >= 11 is 0. The smallest absolute Gasteiger partial charge is 0.247 e. The maximum Gasteiger partial charge on any atom is 0.247 e. The number of sulfonamides is 1. The summed E-state index contributed by atoms with van der Waals surface area (Å²) in [5, 5.41) is 5.28. The summed E-state index contributed by atoms with van der Waals surface area (Å²) in [6.45, 7) is 9.27. The van der Waals surface area contributed by atoms with Crippen molar-refractivity contribution in [2.24, 2.45) is 5.92 Å². The zero-order valence-electron chi connectivity index (χ0n) is 15.4. The molecule has 1 rings (SSSR count). The second-order valence-electron chi connectivity index (χ2n) is 6.03. The highest BCUT2D eigenvalue weighted by Gasteiger charge is 2.25. The first-order valence-corrected chi connectivity index (χ1v) is 9.75. The number of nitrogens with one attached hydrogen (secondary N) is 2. The van der Waals surface area contributed by atoms with Gasteiger partial charge in [0.1, 0.15) is 6.04 Å². The van der Waals surface area contributed by atoms with E-state index in [1.807, 2.05) is 13.8 Å². The van der Waals surface area contributed by atoms with Crippen molar-refractivity contribution < 1.29 is 18.0 Å². The van der Waals surface area contributed by atoms with Gasteiger partial charge in [0.15, 0.2) is 0 Å². The highest BCUT2D eigenvalue weighted by molar-refractivity contribution is 7.89. The lowest BCUT2D eigenvalue weighted by Crippen LogP contribution is -2.46. The number of carbonyl (C=O) groups is 2. The van der Waals surface area contributed by atoms with Crippen molar-refractivity contribution in [3.05, 3.63) is 24.3 Å². The molecule has 0 heterocycles. The molecule has 2 N–H and O–H groups in total. The van der Waals surface area contributed by atoms with E-state index in [-0.39, 0.29) is 22.6 Å². The molecule has 0 unspecified atom stereocenters. The zero-order chi connectivity index (χ0) is 19.2. The van der Waals surface area contributed by atoms with Gasteiger partial charge in [0.05, 0.1) is 4.90 Å². The molecule has 1 atom stereocenters. The van der Waals surface area contributed by atoms with Crippen LogP contribution in [0.2, 0.25) is 0 Å². The van der Waals surface area contributed by atoms with Crippen molar-refractivity contribution in [2.75, 3.05) is 18.4 Å². The molecule has 1 aromatic rings. The van der Waals surface area contributed by atoms with E-state index in [1.54, 1.807) is 26.0 Å². The fourth-order valence-electron chi connectivity index (χ4n) is 2.42. The highest BCUT2D eigenvalue weighted by Crippen LogP contribution is 2.20. The van der Waals surface area contributed by atoms with Gasteiger partial charge in [0.25, 0.3) is 0 Å². The molecule has 0 aliphatic rings. The number of rotatable bonds is 8. The molecule has 0 aliphatic carbocycles. The molecule has 7 nitrogen and oxygen atoms in total. The van der Waals surface area contributed by atoms with E-state index in [0.717, 1.165) is 0 Å². The first-order chi connectivity index (χ1) is 11.6. The Hall–Kier alpha value is -1.93. The number of anilines is 1. The molecular formula is C17H27N3O4S. The van der Waals surface area contributed by atoms with Gasteiger partial charge in [-0.05, 0) is 24.1 Å². The summed E-state index contributed by atoms with van der Waals surface area (Å²) in [7, 11) is -3.60.